The van der Waals surface area contributed by atoms with Crippen LogP contribution in [-0.2, 0) is 4.79 Å². The molecule has 4 nitrogen and oxygen atoms in total. The molecule has 1 aromatic heterocycles. The van der Waals surface area contributed by atoms with Crippen molar-refractivity contribution in [1.29, 1.82) is 0 Å². The summed E-state index contributed by atoms with van der Waals surface area (Å²) >= 11 is 7.84. The highest BCUT2D eigenvalue weighted by molar-refractivity contribution is 7.13. The van der Waals surface area contributed by atoms with Crippen molar-refractivity contribution in [3.63, 3.8) is 0 Å². The predicted octanol–water partition coefficient (Wildman–Crippen LogP) is 5.27. The second kappa shape index (κ2) is 7.09. The lowest BCUT2D eigenvalue weighted by Gasteiger charge is -2.29. The minimum atomic E-state index is -0.00784. The lowest BCUT2D eigenvalue weighted by molar-refractivity contribution is -0.121. The predicted molar refractivity (Wildman–Crippen MR) is 106 cm³/mol. The largest absolute Gasteiger partial charge is 0.482 e. The van der Waals surface area contributed by atoms with Crippen molar-refractivity contribution < 1.29 is 9.53 Å². The summed E-state index contributed by atoms with van der Waals surface area (Å²) in [5, 5.41) is 3.57. The standard InChI is InChI=1S/C20H17ClN2O2S/c1-2-9-23-17-10-13(7-8-18(17)25-11-19(23)24)16-12-26-20(22-16)14-5-3-4-6-15(14)21/h3-8,10,12H,2,9,11H2,1H3. The van der Waals surface area contributed by atoms with E-state index in [1.165, 1.54) is 0 Å². The molecule has 0 unspecified atom stereocenters. The second-order valence-corrected chi connectivity index (χ2v) is 7.30. The molecule has 0 N–H and O–H groups in total. The molecule has 1 aliphatic heterocycles. The third-order valence-electron chi connectivity index (χ3n) is 4.25. The van der Waals surface area contributed by atoms with Gasteiger partial charge < -0.3 is 9.64 Å². The highest BCUT2D eigenvalue weighted by atomic mass is 35.5. The van der Waals surface area contributed by atoms with Gasteiger partial charge in [-0.2, -0.15) is 0 Å². The number of carbonyl (C=O) groups is 1. The maximum atomic E-state index is 12.2. The Hall–Kier alpha value is -2.37. The molecule has 132 valence electrons. The third-order valence-corrected chi connectivity index (χ3v) is 5.46. The Balaban J connectivity index is 1.72. The van der Waals surface area contributed by atoms with Crippen LogP contribution in [0, 0.1) is 0 Å². The first-order chi connectivity index (χ1) is 12.7. The van der Waals surface area contributed by atoms with Gasteiger partial charge in [0.15, 0.2) is 6.61 Å². The minimum Gasteiger partial charge on any atom is -0.482 e. The number of ether oxygens (including phenoxy) is 1. The van der Waals surface area contributed by atoms with Crippen molar-refractivity contribution in [2.45, 2.75) is 13.3 Å². The van der Waals surface area contributed by atoms with Crippen molar-refractivity contribution in [3.8, 4) is 27.6 Å². The van der Waals surface area contributed by atoms with Gasteiger partial charge in [-0.05, 0) is 30.7 Å². The molecule has 6 heteroatoms. The topological polar surface area (TPSA) is 42.4 Å². The molecular formula is C20H17ClN2O2S. The number of rotatable bonds is 4. The van der Waals surface area contributed by atoms with Gasteiger partial charge in [-0.25, -0.2) is 4.98 Å². The fraction of sp³-hybridized carbons (Fsp3) is 0.200. The van der Waals surface area contributed by atoms with E-state index in [1.54, 1.807) is 16.2 Å². The highest BCUT2D eigenvalue weighted by Crippen LogP contribution is 2.38. The minimum absolute atomic E-state index is 0.00784. The number of thiazole rings is 1. The molecule has 1 amide bonds. The molecule has 0 aliphatic carbocycles. The van der Waals surface area contributed by atoms with Crippen molar-refractivity contribution in [2.75, 3.05) is 18.1 Å². The molecule has 4 rings (SSSR count). The van der Waals surface area contributed by atoms with Crippen LogP contribution in [0.2, 0.25) is 5.02 Å². The van der Waals surface area contributed by atoms with Crippen molar-refractivity contribution in [3.05, 3.63) is 52.9 Å². The molecule has 3 aromatic rings. The first kappa shape index (κ1) is 17.1. The van der Waals surface area contributed by atoms with E-state index in [0.717, 1.165) is 39.7 Å². The van der Waals surface area contributed by atoms with Crippen molar-refractivity contribution in [2.24, 2.45) is 0 Å². The Bertz CT molecular complexity index is 970. The summed E-state index contributed by atoms with van der Waals surface area (Å²) in [5.41, 5.74) is 3.56. The van der Waals surface area contributed by atoms with Crippen LogP contribution in [0.15, 0.2) is 47.8 Å². The maximum Gasteiger partial charge on any atom is 0.265 e. The molecule has 0 fully saturated rings. The number of benzene rings is 2. The van der Waals surface area contributed by atoms with Gasteiger partial charge in [0.25, 0.3) is 5.91 Å². The summed E-state index contributed by atoms with van der Waals surface area (Å²) in [6, 6.07) is 13.6. The molecule has 0 saturated heterocycles. The smallest absolute Gasteiger partial charge is 0.265 e. The van der Waals surface area contributed by atoms with E-state index < -0.39 is 0 Å². The van der Waals surface area contributed by atoms with E-state index in [2.05, 4.69) is 6.92 Å². The maximum absolute atomic E-state index is 12.2. The molecule has 0 atom stereocenters. The van der Waals surface area contributed by atoms with Crippen LogP contribution < -0.4 is 9.64 Å². The van der Waals surface area contributed by atoms with Gasteiger partial charge in [-0.15, -0.1) is 11.3 Å². The molecule has 2 heterocycles. The Kier molecular flexibility index (Phi) is 4.66. The zero-order valence-electron chi connectivity index (χ0n) is 14.2. The van der Waals surface area contributed by atoms with E-state index in [1.807, 2.05) is 47.8 Å². The van der Waals surface area contributed by atoms with Gasteiger partial charge >= 0.3 is 0 Å². The van der Waals surface area contributed by atoms with Gasteiger partial charge in [-0.3, -0.25) is 4.79 Å². The monoisotopic (exact) mass is 384 g/mol. The van der Waals surface area contributed by atoms with Gasteiger partial charge in [0, 0.05) is 23.1 Å². The second-order valence-electron chi connectivity index (χ2n) is 6.03. The summed E-state index contributed by atoms with van der Waals surface area (Å²) in [6.07, 6.45) is 0.892. The molecule has 0 bridgehead atoms. The van der Waals surface area contributed by atoms with E-state index in [4.69, 9.17) is 21.3 Å². The number of amides is 1. The van der Waals surface area contributed by atoms with Gasteiger partial charge in [0.1, 0.15) is 10.8 Å². The number of anilines is 1. The van der Waals surface area contributed by atoms with Crippen LogP contribution in [0.3, 0.4) is 0 Å². The van der Waals surface area contributed by atoms with Gasteiger partial charge in [0.2, 0.25) is 0 Å². The van der Waals surface area contributed by atoms with Crippen LogP contribution in [0.5, 0.6) is 5.75 Å². The molecule has 26 heavy (non-hydrogen) atoms. The van der Waals surface area contributed by atoms with Crippen LogP contribution in [0.4, 0.5) is 5.69 Å². The molecule has 2 aromatic carbocycles. The average Bonchev–Trinajstić information content (AvgIpc) is 3.14. The Morgan fingerprint density at radius 1 is 1.27 bits per heavy atom. The number of hydrogen-bond acceptors (Lipinski definition) is 4. The average molecular weight is 385 g/mol. The van der Waals surface area contributed by atoms with E-state index in [9.17, 15) is 4.79 Å². The number of fused-ring (bicyclic) bond motifs is 1. The van der Waals surface area contributed by atoms with E-state index in [-0.39, 0.29) is 12.5 Å². The summed E-state index contributed by atoms with van der Waals surface area (Å²) < 4.78 is 5.57. The highest BCUT2D eigenvalue weighted by Gasteiger charge is 2.25. The molecular weight excluding hydrogens is 368 g/mol. The van der Waals surface area contributed by atoms with E-state index >= 15 is 0 Å². The first-order valence-corrected chi connectivity index (χ1v) is 9.71. The number of aromatic nitrogens is 1. The Morgan fingerprint density at radius 3 is 2.92 bits per heavy atom. The number of nitrogens with zero attached hydrogens (tertiary/aromatic N) is 2. The van der Waals surface area contributed by atoms with Crippen LogP contribution in [-0.4, -0.2) is 24.0 Å². The number of halogens is 1. The van der Waals surface area contributed by atoms with Crippen molar-refractivity contribution in [1.82, 2.24) is 4.98 Å². The fourth-order valence-corrected chi connectivity index (χ4v) is 4.14. The number of carbonyl (C=O) groups excluding carboxylic acids is 1. The van der Waals surface area contributed by atoms with Gasteiger partial charge in [-0.1, -0.05) is 36.7 Å². The summed E-state index contributed by atoms with van der Waals surface area (Å²) in [4.78, 5) is 18.7. The summed E-state index contributed by atoms with van der Waals surface area (Å²) in [6.45, 7) is 2.84. The van der Waals surface area contributed by atoms with Gasteiger partial charge in [0.05, 0.1) is 16.4 Å². The normalized spacial score (nSPS) is 13.5. The summed E-state index contributed by atoms with van der Waals surface area (Å²) in [5.74, 6) is 0.731. The molecule has 0 radical (unpaired) electrons. The zero-order valence-corrected chi connectivity index (χ0v) is 15.8. The molecule has 0 saturated carbocycles. The Labute approximate surface area is 161 Å². The van der Waals surface area contributed by atoms with Crippen LogP contribution >= 0.6 is 22.9 Å². The zero-order chi connectivity index (χ0) is 18.1. The van der Waals surface area contributed by atoms with Crippen LogP contribution in [0.25, 0.3) is 21.8 Å². The van der Waals surface area contributed by atoms with Crippen LogP contribution in [0.1, 0.15) is 13.3 Å². The Morgan fingerprint density at radius 2 is 2.12 bits per heavy atom. The van der Waals surface area contributed by atoms with E-state index in [0.29, 0.717) is 11.6 Å². The molecule has 0 spiro atoms. The fourth-order valence-electron chi connectivity index (χ4n) is 2.99. The van der Waals surface area contributed by atoms with Crippen molar-refractivity contribution >= 4 is 34.5 Å². The lowest BCUT2D eigenvalue weighted by atomic mass is 10.1. The first-order valence-electron chi connectivity index (χ1n) is 8.45. The lowest BCUT2D eigenvalue weighted by Crippen LogP contribution is -2.39. The summed E-state index contributed by atoms with van der Waals surface area (Å²) in [7, 11) is 0. The quantitative estimate of drug-likeness (QED) is 0.615. The SMILES string of the molecule is CCCN1C(=O)COc2ccc(-c3csc(-c4ccccc4Cl)n3)cc21. The number of hydrogen-bond donors (Lipinski definition) is 0. The molecule has 1 aliphatic rings. The third kappa shape index (κ3) is 3.08.